The summed E-state index contributed by atoms with van der Waals surface area (Å²) in [5.74, 6) is 0.564. The van der Waals surface area contributed by atoms with Crippen molar-refractivity contribution >= 4 is 17.4 Å². The Morgan fingerprint density at radius 3 is 2.52 bits per heavy atom. The number of Topliss-reactive ketones (excluding diaryl/α,β-unsaturated/α-hetero) is 1. The number of rotatable bonds is 4. The van der Waals surface area contributed by atoms with Crippen molar-refractivity contribution in [1.29, 1.82) is 0 Å². The molecule has 25 heavy (non-hydrogen) atoms. The number of ketones is 1. The Balaban J connectivity index is 1.72. The van der Waals surface area contributed by atoms with E-state index in [4.69, 9.17) is 4.74 Å². The van der Waals surface area contributed by atoms with Crippen LogP contribution >= 0.6 is 0 Å². The van der Waals surface area contributed by atoms with Gasteiger partial charge in [-0.25, -0.2) is 0 Å². The highest BCUT2D eigenvalue weighted by atomic mass is 16.5. The summed E-state index contributed by atoms with van der Waals surface area (Å²) in [5, 5.41) is 2.84. The molecule has 1 atom stereocenters. The average molecular weight is 337 g/mol. The topological polar surface area (TPSA) is 55.4 Å². The van der Waals surface area contributed by atoms with Crippen LogP contribution in [0.1, 0.15) is 51.9 Å². The van der Waals surface area contributed by atoms with Crippen LogP contribution in [0, 0.1) is 20.8 Å². The summed E-state index contributed by atoms with van der Waals surface area (Å²) in [6.45, 7) is 7.91. The van der Waals surface area contributed by atoms with Gasteiger partial charge in [0.2, 0.25) is 0 Å². The summed E-state index contributed by atoms with van der Waals surface area (Å²) in [6, 6.07) is 9.62. The van der Waals surface area contributed by atoms with Crippen molar-refractivity contribution in [1.82, 2.24) is 0 Å². The van der Waals surface area contributed by atoms with E-state index in [1.54, 1.807) is 6.07 Å². The molecule has 2 aromatic carbocycles. The Morgan fingerprint density at radius 1 is 1.16 bits per heavy atom. The van der Waals surface area contributed by atoms with E-state index >= 15 is 0 Å². The van der Waals surface area contributed by atoms with Crippen molar-refractivity contribution in [2.75, 3.05) is 11.9 Å². The number of carbonyl (C=O) groups is 2. The molecule has 0 spiro atoms. The molecule has 0 aliphatic heterocycles. The standard InChI is InChI=1S/C21H23NO3/c1-12-7-13(2)9-16(8-12)22-19(24)11-25-18-6-5-14(3)20-15(4)10-17(23)21(18)20/h5-9,15H,10-11H2,1-4H3,(H,22,24)/t15-/m1/s1. The normalized spacial score (nSPS) is 15.8. The van der Waals surface area contributed by atoms with Gasteiger partial charge in [0.15, 0.2) is 12.4 Å². The van der Waals surface area contributed by atoms with E-state index in [1.165, 1.54) is 0 Å². The molecular formula is C21H23NO3. The Kier molecular flexibility index (Phi) is 4.62. The zero-order valence-electron chi connectivity index (χ0n) is 15.1. The van der Waals surface area contributed by atoms with Crippen LogP contribution in [-0.4, -0.2) is 18.3 Å². The van der Waals surface area contributed by atoms with Crippen LogP contribution in [0.25, 0.3) is 0 Å². The minimum absolute atomic E-state index is 0.0934. The number of aryl methyl sites for hydroxylation is 3. The summed E-state index contributed by atoms with van der Waals surface area (Å²) in [4.78, 5) is 24.5. The van der Waals surface area contributed by atoms with E-state index < -0.39 is 0 Å². The smallest absolute Gasteiger partial charge is 0.262 e. The monoisotopic (exact) mass is 337 g/mol. The zero-order valence-corrected chi connectivity index (χ0v) is 15.1. The number of ether oxygens (including phenoxy) is 1. The van der Waals surface area contributed by atoms with Crippen LogP contribution in [0.3, 0.4) is 0 Å². The molecule has 1 aliphatic rings. The van der Waals surface area contributed by atoms with E-state index in [-0.39, 0.29) is 24.2 Å². The molecule has 0 fully saturated rings. The highest BCUT2D eigenvalue weighted by Gasteiger charge is 2.31. The van der Waals surface area contributed by atoms with Gasteiger partial charge >= 0.3 is 0 Å². The van der Waals surface area contributed by atoms with Gasteiger partial charge in [-0.2, -0.15) is 0 Å². The maximum atomic E-state index is 12.3. The van der Waals surface area contributed by atoms with Crippen LogP contribution < -0.4 is 10.1 Å². The van der Waals surface area contributed by atoms with E-state index in [0.29, 0.717) is 17.7 Å². The Labute approximate surface area is 148 Å². The van der Waals surface area contributed by atoms with Gasteiger partial charge in [-0.15, -0.1) is 0 Å². The van der Waals surface area contributed by atoms with Crippen LogP contribution in [0.2, 0.25) is 0 Å². The number of anilines is 1. The highest BCUT2D eigenvalue weighted by molar-refractivity contribution is 6.04. The summed E-state index contributed by atoms with van der Waals surface area (Å²) < 4.78 is 5.68. The first-order valence-electron chi connectivity index (χ1n) is 8.53. The molecule has 3 rings (SSSR count). The molecule has 130 valence electrons. The third-order valence-electron chi connectivity index (χ3n) is 4.55. The maximum absolute atomic E-state index is 12.3. The minimum Gasteiger partial charge on any atom is -0.483 e. The first-order valence-corrected chi connectivity index (χ1v) is 8.53. The molecule has 4 nitrogen and oxygen atoms in total. The van der Waals surface area contributed by atoms with Crippen molar-refractivity contribution in [3.05, 3.63) is 58.1 Å². The Hall–Kier alpha value is -2.62. The Bertz CT molecular complexity index is 834. The van der Waals surface area contributed by atoms with Crippen molar-refractivity contribution in [3.8, 4) is 5.75 Å². The van der Waals surface area contributed by atoms with E-state index in [1.807, 2.05) is 45.9 Å². The molecule has 1 N–H and O–H groups in total. The first-order chi connectivity index (χ1) is 11.8. The molecule has 0 radical (unpaired) electrons. The molecule has 1 amide bonds. The van der Waals surface area contributed by atoms with Gasteiger partial charge in [-0.1, -0.05) is 19.1 Å². The summed E-state index contributed by atoms with van der Waals surface area (Å²) >= 11 is 0. The number of carbonyl (C=O) groups excluding carboxylic acids is 2. The second-order valence-corrected chi connectivity index (χ2v) is 6.91. The van der Waals surface area contributed by atoms with Gasteiger partial charge in [0, 0.05) is 12.1 Å². The van der Waals surface area contributed by atoms with Crippen LogP contribution in [-0.2, 0) is 4.79 Å². The van der Waals surface area contributed by atoms with E-state index in [9.17, 15) is 9.59 Å². The SMILES string of the molecule is Cc1cc(C)cc(NC(=O)COc2ccc(C)c3c2C(=O)C[C@H]3C)c1. The van der Waals surface area contributed by atoms with Crippen LogP contribution in [0.4, 0.5) is 5.69 Å². The summed E-state index contributed by atoms with van der Waals surface area (Å²) in [6.07, 6.45) is 0.505. The quantitative estimate of drug-likeness (QED) is 0.904. The van der Waals surface area contributed by atoms with Gasteiger partial charge in [0.05, 0.1) is 5.56 Å². The van der Waals surface area contributed by atoms with Gasteiger partial charge in [0.25, 0.3) is 5.91 Å². The number of benzene rings is 2. The van der Waals surface area contributed by atoms with Gasteiger partial charge in [-0.3, -0.25) is 9.59 Å². The minimum atomic E-state index is -0.238. The number of amides is 1. The fourth-order valence-electron chi connectivity index (χ4n) is 3.62. The van der Waals surface area contributed by atoms with E-state index in [2.05, 4.69) is 11.4 Å². The summed E-state index contributed by atoms with van der Waals surface area (Å²) in [5.41, 5.74) is 5.73. The fraction of sp³-hybridized carbons (Fsp3) is 0.333. The molecule has 0 heterocycles. The molecule has 0 saturated carbocycles. The second-order valence-electron chi connectivity index (χ2n) is 6.91. The second kappa shape index (κ2) is 6.71. The van der Waals surface area contributed by atoms with Crippen molar-refractivity contribution in [3.63, 3.8) is 0 Å². The predicted molar refractivity (Wildman–Crippen MR) is 98.6 cm³/mol. The first kappa shape index (κ1) is 17.2. The van der Waals surface area contributed by atoms with Crippen molar-refractivity contribution < 1.29 is 14.3 Å². The molecule has 2 aromatic rings. The lowest BCUT2D eigenvalue weighted by Gasteiger charge is -2.13. The largest absolute Gasteiger partial charge is 0.483 e. The number of fused-ring (bicyclic) bond motifs is 1. The van der Waals surface area contributed by atoms with Gasteiger partial charge < -0.3 is 10.1 Å². The third kappa shape index (κ3) is 3.58. The molecule has 0 bridgehead atoms. The predicted octanol–water partition coefficient (Wildman–Crippen LogP) is 4.32. The molecule has 0 unspecified atom stereocenters. The molecule has 0 saturated heterocycles. The lowest BCUT2D eigenvalue weighted by molar-refractivity contribution is -0.118. The lowest BCUT2D eigenvalue weighted by Crippen LogP contribution is -2.21. The van der Waals surface area contributed by atoms with Crippen LogP contribution in [0.15, 0.2) is 30.3 Å². The van der Waals surface area contributed by atoms with Crippen molar-refractivity contribution in [2.24, 2.45) is 0 Å². The fourth-order valence-corrected chi connectivity index (χ4v) is 3.62. The molecule has 1 aliphatic carbocycles. The molecular weight excluding hydrogens is 314 g/mol. The van der Waals surface area contributed by atoms with Crippen molar-refractivity contribution in [2.45, 2.75) is 40.0 Å². The van der Waals surface area contributed by atoms with E-state index in [0.717, 1.165) is 27.9 Å². The van der Waals surface area contributed by atoms with Gasteiger partial charge in [-0.05, 0) is 67.1 Å². The summed E-state index contributed by atoms with van der Waals surface area (Å²) in [7, 11) is 0. The van der Waals surface area contributed by atoms with Crippen LogP contribution in [0.5, 0.6) is 5.75 Å². The lowest BCUT2D eigenvalue weighted by atomic mass is 9.97. The Morgan fingerprint density at radius 2 is 1.84 bits per heavy atom. The third-order valence-corrected chi connectivity index (χ3v) is 4.55. The molecule has 4 heteroatoms. The maximum Gasteiger partial charge on any atom is 0.262 e. The highest BCUT2D eigenvalue weighted by Crippen LogP contribution is 2.40. The number of nitrogens with one attached hydrogen (secondary N) is 1. The zero-order chi connectivity index (χ0) is 18.1. The number of hydrogen-bond donors (Lipinski definition) is 1. The average Bonchev–Trinajstić information content (AvgIpc) is 2.81. The number of hydrogen-bond acceptors (Lipinski definition) is 3. The van der Waals surface area contributed by atoms with Gasteiger partial charge in [0.1, 0.15) is 5.75 Å². The molecule has 0 aromatic heterocycles.